The summed E-state index contributed by atoms with van der Waals surface area (Å²) in [7, 11) is 1.86. The molecule has 0 fully saturated rings. The maximum absolute atomic E-state index is 5.73. The summed E-state index contributed by atoms with van der Waals surface area (Å²) in [5.41, 5.74) is 0. The van der Waals surface area contributed by atoms with E-state index < -0.39 is 0 Å². The molecule has 1 aromatic heterocycles. The summed E-state index contributed by atoms with van der Waals surface area (Å²) in [6.45, 7) is 7.14. The SMILES string of the molecule is CCCCCCCOc1cc(NC)nc(C(C)C)n1. The zero-order valence-corrected chi connectivity index (χ0v) is 12.7. The van der Waals surface area contributed by atoms with Crippen molar-refractivity contribution in [1.82, 2.24) is 9.97 Å². The molecule has 0 spiro atoms. The van der Waals surface area contributed by atoms with Crippen LogP contribution in [0.3, 0.4) is 0 Å². The van der Waals surface area contributed by atoms with Crippen LogP contribution in [-0.4, -0.2) is 23.6 Å². The fourth-order valence-electron chi connectivity index (χ4n) is 1.79. The van der Waals surface area contributed by atoms with Gasteiger partial charge in [-0.3, -0.25) is 0 Å². The minimum absolute atomic E-state index is 0.306. The lowest BCUT2D eigenvalue weighted by molar-refractivity contribution is 0.291. The van der Waals surface area contributed by atoms with E-state index in [9.17, 15) is 0 Å². The third-order valence-electron chi connectivity index (χ3n) is 2.99. The van der Waals surface area contributed by atoms with Gasteiger partial charge in [0, 0.05) is 19.0 Å². The van der Waals surface area contributed by atoms with Gasteiger partial charge in [-0.05, 0) is 6.42 Å². The van der Waals surface area contributed by atoms with E-state index in [-0.39, 0.29) is 0 Å². The third-order valence-corrected chi connectivity index (χ3v) is 2.99. The minimum atomic E-state index is 0.306. The number of hydrogen-bond acceptors (Lipinski definition) is 4. The average Bonchev–Trinajstić information content (AvgIpc) is 2.42. The molecule has 1 N–H and O–H groups in total. The Bertz CT molecular complexity index is 366. The first kappa shape index (κ1) is 15.7. The third kappa shape index (κ3) is 5.90. The topological polar surface area (TPSA) is 47.0 Å². The summed E-state index contributed by atoms with van der Waals surface area (Å²) in [6, 6.07) is 1.86. The number of unbranched alkanes of at least 4 members (excludes halogenated alkanes) is 4. The lowest BCUT2D eigenvalue weighted by Gasteiger charge is -2.10. The molecule has 0 aliphatic rings. The van der Waals surface area contributed by atoms with Crippen LogP contribution in [0.25, 0.3) is 0 Å². The van der Waals surface area contributed by atoms with Gasteiger partial charge in [-0.15, -0.1) is 0 Å². The van der Waals surface area contributed by atoms with E-state index in [0.717, 1.165) is 24.7 Å². The molecule has 1 heterocycles. The second-order valence-corrected chi connectivity index (χ2v) is 5.12. The Balaban J connectivity index is 2.46. The Morgan fingerprint density at radius 1 is 1.16 bits per heavy atom. The smallest absolute Gasteiger partial charge is 0.218 e. The Hall–Kier alpha value is -1.32. The minimum Gasteiger partial charge on any atom is -0.478 e. The molecule has 0 bridgehead atoms. The molecule has 4 heteroatoms. The van der Waals surface area contributed by atoms with E-state index in [4.69, 9.17) is 4.74 Å². The maximum atomic E-state index is 5.73. The van der Waals surface area contributed by atoms with Crippen LogP contribution in [0.15, 0.2) is 6.07 Å². The zero-order valence-electron chi connectivity index (χ0n) is 12.7. The maximum Gasteiger partial charge on any atom is 0.218 e. The van der Waals surface area contributed by atoms with Gasteiger partial charge in [0.2, 0.25) is 5.88 Å². The molecule has 0 atom stereocenters. The van der Waals surface area contributed by atoms with Crippen molar-refractivity contribution in [1.29, 1.82) is 0 Å². The van der Waals surface area contributed by atoms with Crippen molar-refractivity contribution in [2.45, 2.75) is 58.8 Å². The highest BCUT2D eigenvalue weighted by atomic mass is 16.5. The molecule has 0 aliphatic carbocycles. The van der Waals surface area contributed by atoms with Gasteiger partial charge >= 0.3 is 0 Å². The first-order valence-corrected chi connectivity index (χ1v) is 7.37. The van der Waals surface area contributed by atoms with E-state index in [0.29, 0.717) is 11.8 Å². The highest BCUT2D eigenvalue weighted by molar-refractivity contribution is 5.38. The Morgan fingerprint density at radius 2 is 1.89 bits per heavy atom. The Morgan fingerprint density at radius 3 is 2.53 bits per heavy atom. The molecule has 1 aromatic rings. The number of ether oxygens (including phenoxy) is 1. The zero-order chi connectivity index (χ0) is 14.1. The first-order chi connectivity index (χ1) is 9.17. The summed E-state index contributed by atoms with van der Waals surface area (Å²) in [6.07, 6.45) is 6.21. The van der Waals surface area contributed by atoms with E-state index in [2.05, 4.69) is 36.1 Å². The normalized spacial score (nSPS) is 10.8. The van der Waals surface area contributed by atoms with Crippen LogP contribution in [0.1, 0.15) is 64.6 Å². The molecule has 0 radical (unpaired) electrons. The van der Waals surface area contributed by atoms with Crippen molar-refractivity contribution < 1.29 is 4.74 Å². The second-order valence-electron chi connectivity index (χ2n) is 5.12. The molecule has 0 saturated carbocycles. The molecule has 19 heavy (non-hydrogen) atoms. The number of nitrogens with one attached hydrogen (secondary N) is 1. The van der Waals surface area contributed by atoms with Crippen molar-refractivity contribution >= 4 is 5.82 Å². The molecule has 0 aliphatic heterocycles. The summed E-state index contributed by atoms with van der Waals surface area (Å²) in [5, 5.41) is 3.05. The number of hydrogen-bond donors (Lipinski definition) is 1. The summed E-state index contributed by atoms with van der Waals surface area (Å²) in [5.74, 6) is 2.63. The summed E-state index contributed by atoms with van der Waals surface area (Å²) < 4.78 is 5.73. The van der Waals surface area contributed by atoms with Crippen LogP contribution in [0, 0.1) is 0 Å². The lowest BCUT2D eigenvalue weighted by atomic mass is 10.2. The van der Waals surface area contributed by atoms with E-state index in [1.165, 1.54) is 25.7 Å². The van der Waals surface area contributed by atoms with Gasteiger partial charge in [-0.2, -0.15) is 4.98 Å². The van der Waals surface area contributed by atoms with E-state index >= 15 is 0 Å². The summed E-state index contributed by atoms with van der Waals surface area (Å²) >= 11 is 0. The van der Waals surface area contributed by atoms with Crippen LogP contribution in [0.5, 0.6) is 5.88 Å². The van der Waals surface area contributed by atoms with Gasteiger partial charge in [0.05, 0.1) is 6.61 Å². The predicted molar refractivity (Wildman–Crippen MR) is 79.9 cm³/mol. The van der Waals surface area contributed by atoms with Crippen LogP contribution in [-0.2, 0) is 0 Å². The largest absolute Gasteiger partial charge is 0.478 e. The summed E-state index contributed by atoms with van der Waals surface area (Å²) in [4.78, 5) is 8.86. The van der Waals surface area contributed by atoms with Crippen molar-refractivity contribution in [3.8, 4) is 5.88 Å². The van der Waals surface area contributed by atoms with Gasteiger partial charge in [0.1, 0.15) is 11.6 Å². The molecular weight excluding hydrogens is 238 g/mol. The number of aromatic nitrogens is 2. The van der Waals surface area contributed by atoms with Crippen LogP contribution < -0.4 is 10.1 Å². The van der Waals surface area contributed by atoms with E-state index in [1.54, 1.807) is 0 Å². The van der Waals surface area contributed by atoms with Gasteiger partial charge < -0.3 is 10.1 Å². The monoisotopic (exact) mass is 265 g/mol. The molecule has 0 aromatic carbocycles. The standard InChI is InChI=1S/C15H27N3O/c1-5-6-7-8-9-10-19-14-11-13(16-4)17-15(18-14)12(2)3/h11-12H,5-10H2,1-4H3,(H,16,17,18). The predicted octanol–water partition coefficient (Wildman–Crippen LogP) is 3.99. The number of nitrogens with zero attached hydrogens (tertiary/aromatic N) is 2. The molecule has 0 unspecified atom stereocenters. The number of rotatable bonds is 9. The van der Waals surface area contributed by atoms with Gasteiger partial charge in [0.25, 0.3) is 0 Å². The quantitative estimate of drug-likeness (QED) is 0.686. The van der Waals surface area contributed by atoms with Crippen molar-refractivity contribution in [3.05, 3.63) is 11.9 Å². The molecule has 0 saturated heterocycles. The molecule has 108 valence electrons. The lowest BCUT2D eigenvalue weighted by Crippen LogP contribution is -2.06. The Kier molecular flexibility index (Phi) is 7.23. The van der Waals surface area contributed by atoms with Crippen molar-refractivity contribution in [3.63, 3.8) is 0 Å². The Labute approximate surface area is 117 Å². The number of anilines is 1. The molecule has 1 rings (SSSR count). The van der Waals surface area contributed by atoms with Gasteiger partial charge in [-0.25, -0.2) is 4.98 Å². The highest BCUT2D eigenvalue weighted by Gasteiger charge is 2.08. The fraction of sp³-hybridized carbons (Fsp3) is 0.733. The van der Waals surface area contributed by atoms with Crippen LogP contribution in [0.4, 0.5) is 5.82 Å². The van der Waals surface area contributed by atoms with Crippen molar-refractivity contribution in [2.24, 2.45) is 0 Å². The van der Waals surface area contributed by atoms with Gasteiger partial charge in [0.15, 0.2) is 0 Å². The molecule has 4 nitrogen and oxygen atoms in total. The van der Waals surface area contributed by atoms with E-state index in [1.807, 2.05) is 13.1 Å². The van der Waals surface area contributed by atoms with Crippen LogP contribution in [0.2, 0.25) is 0 Å². The first-order valence-electron chi connectivity index (χ1n) is 7.37. The second kappa shape index (κ2) is 8.73. The highest BCUT2D eigenvalue weighted by Crippen LogP contribution is 2.18. The van der Waals surface area contributed by atoms with Crippen molar-refractivity contribution in [2.75, 3.05) is 19.0 Å². The van der Waals surface area contributed by atoms with Crippen LogP contribution >= 0.6 is 0 Å². The average molecular weight is 265 g/mol. The molecule has 0 amide bonds. The fourth-order valence-corrected chi connectivity index (χ4v) is 1.79. The van der Waals surface area contributed by atoms with Gasteiger partial charge in [-0.1, -0.05) is 46.5 Å². The molecular formula is C15H27N3O.